The minimum atomic E-state index is -4.57. The number of hydrogen-bond donors (Lipinski definition) is 1. The van der Waals surface area contributed by atoms with Gasteiger partial charge >= 0.3 is 6.18 Å². The number of amides is 1. The normalized spacial score (nSPS) is 11.5. The molecule has 2 heterocycles. The van der Waals surface area contributed by atoms with Gasteiger partial charge in [0.05, 0.1) is 16.2 Å². The highest BCUT2D eigenvalue weighted by Gasteiger charge is 2.34. The summed E-state index contributed by atoms with van der Waals surface area (Å²) in [5.41, 5.74) is -0.235. The topological polar surface area (TPSA) is 134 Å². The first-order valence-electron chi connectivity index (χ1n) is 9.74. The van der Waals surface area contributed by atoms with Crippen molar-refractivity contribution in [2.24, 2.45) is 14.1 Å². The predicted molar refractivity (Wildman–Crippen MR) is 118 cm³/mol. The fourth-order valence-corrected chi connectivity index (χ4v) is 3.94. The van der Waals surface area contributed by atoms with Crippen molar-refractivity contribution in [1.82, 2.24) is 30.0 Å². The van der Waals surface area contributed by atoms with Gasteiger partial charge in [0, 0.05) is 36.8 Å². The molecule has 180 valence electrons. The number of carbonyl (C=O) groups is 1. The standard InChI is InChI=1S/C20H15F3N8O3S/c1-29-15(10-17(26-29)20(21,22)23)11-3-5-12(6-4-11)24-18(32)14-9-13(31(33)34)7-8-16(14)35-19-25-27-28-30(19)2/h3-10H,1-2H3,(H,24,32). The first-order chi connectivity index (χ1) is 16.5. The van der Waals surface area contributed by atoms with E-state index in [1.807, 2.05) is 0 Å². The molecular weight excluding hydrogens is 489 g/mol. The van der Waals surface area contributed by atoms with Crippen LogP contribution in [-0.2, 0) is 20.3 Å². The number of nitro groups is 1. The van der Waals surface area contributed by atoms with Gasteiger partial charge in [0.2, 0.25) is 5.16 Å². The van der Waals surface area contributed by atoms with Gasteiger partial charge in [-0.3, -0.25) is 19.6 Å². The fourth-order valence-electron chi connectivity index (χ4n) is 3.10. The van der Waals surface area contributed by atoms with Gasteiger partial charge in [-0.1, -0.05) is 12.1 Å². The second-order valence-electron chi connectivity index (χ2n) is 7.19. The Morgan fingerprint density at radius 3 is 2.37 bits per heavy atom. The van der Waals surface area contributed by atoms with Crippen LogP contribution in [-0.4, -0.2) is 40.8 Å². The summed E-state index contributed by atoms with van der Waals surface area (Å²) in [6.45, 7) is 0. The maximum Gasteiger partial charge on any atom is 0.435 e. The number of nitrogens with zero attached hydrogens (tertiary/aromatic N) is 7. The van der Waals surface area contributed by atoms with Gasteiger partial charge in [-0.05, 0) is 52.0 Å². The van der Waals surface area contributed by atoms with E-state index >= 15 is 0 Å². The lowest BCUT2D eigenvalue weighted by Crippen LogP contribution is -2.13. The van der Waals surface area contributed by atoms with Crippen molar-refractivity contribution in [2.75, 3.05) is 5.32 Å². The van der Waals surface area contributed by atoms with Crippen molar-refractivity contribution < 1.29 is 22.9 Å². The average Bonchev–Trinajstić information content (AvgIpc) is 3.39. The maximum absolute atomic E-state index is 13.0. The van der Waals surface area contributed by atoms with Crippen molar-refractivity contribution in [3.63, 3.8) is 0 Å². The summed E-state index contributed by atoms with van der Waals surface area (Å²) in [4.78, 5) is 24.0. The molecule has 0 aliphatic carbocycles. The van der Waals surface area contributed by atoms with Crippen molar-refractivity contribution in [3.8, 4) is 11.3 Å². The Labute approximate surface area is 199 Å². The lowest BCUT2D eigenvalue weighted by molar-refractivity contribution is -0.384. The number of anilines is 1. The number of non-ortho nitro benzene ring substituents is 1. The van der Waals surface area contributed by atoms with Crippen LogP contribution < -0.4 is 5.32 Å². The zero-order valence-electron chi connectivity index (χ0n) is 18.0. The molecule has 4 rings (SSSR count). The molecule has 1 amide bonds. The highest BCUT2D eigenvalue weighted by molar-refractivity contribution is 7.99. The van der Waals surface area contributed by atoms with Crippen molar-refractivity contribution in [3.05, 3.63) is 69.9 Å². The van der Waals surface area contributed by atoms with Crippen molar-refractivity contribution >= 4 is 29.0 Å². The number of hydrogen-bond acceptors (Lipinski definition) is 8. The SMILES string of the molecule is Cn1nc(C(F)(F)F)cc1-c1ccc(NC(=O)c2cc([N+](=O)[O-])ccc2Sc2nnnn2C)cc1. The summed E-state index contributed by atoms with van der Waals surface area (Å²) in [6.07, 6.45) is -4.57. The van der Waals surface area contributed by atoms with Crippen LogP contribution in [0.25, 0.3) is 11.3 Å². The van der Waals surface area contributed by atoms with Crippen LogP contribution in [0.5, 0.6) is 0 Å². The second-order valence-corrected chi connectivity index (χ2v) is 8.20. The minimum Gasteiger partial charge on any atom is -0.322 e. The summed E-state index contributed by atoms with van der Waals surface area (Å²) in [5.74, 6) is -0.626. The summed E-state index contributed by atoms with van der Waals surface area (Å²) in [6, 6.07) is 10.8. The smallest absolute Gasteiger partial charge is 0.322 e. The van der Waals surface area contributed by atoms with Crippen LogP contribution in [0.3, 0.4) is 0 Å². The summed E-state index contributed by atoms with van der Waals surface area (Å²) in [7, 11) is 3.00. The summed E-state index contributed by atoms with van der Waals surface area (Å²) in [5, 5.41) is 28.8. The molecule has 0 bridgehead atoms. The molecule has 0 aliphatic rings. The van der Waals surface area contributed by atoms with E-state index in [0.29, 0.717) is 21.3 Å². The average molecular weight is 504 g/mol. The fraction of sp³-hybridized carbons (Fsp3) is 0.150. The number of aromatic nitrogens is 6. The lowest BCUT2D eigenvalue weighted by atomic mass is 10.1. The molecule has 11 nitrogen and oxygen atoms in total. The van der Waals surface area contributed by atoms with Gasteiger partial charge in [-0.2, -0.15) is 18.3 Å². The lowest BCUT2D eigenvalue weighted by Gasteiger charge is -2.10. The quantitative estimate of drug-likeness (QED) is 0.308. The molecule has 0 fully saturated rings. The summed E-state index contributed by atoms with van der Waals surface area (Å²) >= 11 is 1.05. The minimum absolute atomic E-state index is 0.0257. The zero-order valence-corrected chi connectivity index (χ0v) is 18.8. The zero-order chi connectivity index (χ0) is 25.3. The van der Waals surface area contributed by atoms with Gasteiger partial charge in [-0.15, -0.1) is 5.10 Å². The number of halogens is 3. The van der Waals surface area contributed by atoms with Gasteiger partial charge in [0.25, 0.3) is 11.6 Å². The Bertz CT molecular complexity index is 1420. The van der Waals surface area contributed by atoms with E-state index in [-0.39, 0.29) is 16.9 Å². The molecule has 4 aromatic rings. The molecule has 0 unspecified atom stereocenters. The number of benzene rings is 2. The predicted octanol–water partition coefficient (Wildman–Crippen LogP) is 3.94. The van der Waals surface area contributed by atoms with E-state index in [4.69, 9.17) is 0 Å². The highest BCUT2D eigenvalue weighted by Crippen LogP contribution is 2.33. The van der Waals surface area contributed by atoms with E-state index in [1.54, 1.807) is 7.05 Å². The Balaban J connectivity index is 1.59. The number of carbonyl (C=O) groups excluding carboxylic acids is 1. The molecule has 0 saturated heterocycles. The van der Waals surface area contributed by atoms with Crippen LogP contribution >= 0.6 is 11.8 Å². The monoisotopic (exact) mass is 504 g/mol. The third-order valence-corrected chi connectivity index (χ3v) is 5.91. The highest BCUT2D eigenvalue weighted by atomic mass is 32.2. The van der Waals surface area contributed by atoms with Crippen LogP contribution in [0.15, 0.2) is 58.6 Å². The number of nitrogens with one attached hydrogen (secondary N) is 1. The molecular formula is C20H15F3N8O3S. The van der Waals surface area contributed by atoms with Gasteiger partial charge < -0.3 is 5.32 Å². The molecule has 0 saturated carbocycles. The third kappa shape index (κ3) is 5.13. The molecule has 0 spiro atoms. The van der Waals surface area contributed by atoms with Gasteiger partial charge in [0.15, 0.2) is 5.69 Å². The van der Waals surface area contributed by atoms with E-state index in [9.17, 15) is 28.1 Å². The molecule has 15 heteroatoms. The second kappa shape index (κ2) is 9.17. The van der Waals surface area contributed by atoms with E-state index in [2.05, 4.69) is 25.9 Å². The first-order valence-corrected chi connectivity index (χ1v) is 10.6. The first kappa shape index (κ1) is 23.9. The van der Waals surface area contributed by atoms with Crippen LogP contribution in [0, 0.1) is 10.1 Å². The summed E-state index contributed by atoms with van der Waals surface area (Å²) < 4.78 is 41.3. The maximum atomic E-state index is 13.0. The Kier molecular flexibility index (Phi) is 6.26. The van der Waals surface area contributed by atoms with Crippen LogP contribution in [0.1, 0.15) is 16.1 Å². The molecule has 2 aromatic carbocycles. The van der Waals surface area contributed by atoms with E-state index in [0.717, 1.165) is 28.6 Å². The van der Waals surface area contributed by atoms with E-state index in [1.165, 1.54) is 48.1 Å². The molecule has 0 aliphatic heterocycles. The Hall–Kier alpha value is -4.27. The molecule has 2 aromatic heterocycles. The number of rotatable bonds is 6. The number of nitro benzene ring substituents is 1. The molecule has 1 N–H and O–H groups in total. The number of alkyl halides is 3. The third-order valence-electron chi connectivity index (χ3n) is 4.81. The molecule has 0 radical (unpaired) electrons. The molecule has 35 heavy (non-hydrogen) atoms. The largest absolute Gasteiger partial charge is 0.435 e. The number of tetrazole rings is 1. The van der Waals surface area contributed by atoms with Crippen LogP contribution in [0.4, 0.5) is 24.5 Å². The van der Waals surface area contributed by atoms with Gasteiger partial charge in [0.1, 0.15) is 0 Å². The van der Waals surface area contributed by atoms with Crippen molar-refractivity contribution in [1.29, 1.82) is 0 Å². The van der Waals surface area contributed by atoms with Gasteiger partial charge in [-0.25, -0.2) is 4.68 Å². The number of aryl methyl sites for hydroxylation is 2. The molecule has 0 atom stereocenters. The van der Waals surface area contributed by atoms with Crippen molar-refractivity contribution in [2.45, 2.75) is 16.2 Å². The Morgan fingerprint density at radius 1 is 1.09 bits per heavy atom. The van der Waals surface area contributed by atoms with Crippen LogP contribution in [0.2, 0.25) is 0 Å². The van der Waals surface area contributed by atoms with E-state index < -0.39 is 22.7 Å². The Morgan fingerprint density at radius 2 is 1.80 bits per heavy atom.